The minimum atomic E-state index is -5.26. The maximum absolute atomic E-state index is 14.0. The largest absolute Gasteiger partial charge is 1.00 e. The molecule has 7 aromatic carbocycles. The van der Waals surface area contributed by atoms with Gasteiger partial charge >= 0.3 is 118 Å². The Morgan fingerprint density at radius 1 is 0.485 bits per heavy atom. The smallest absolute Gasteiger partial charge is 0.872 e. The zero-order valence-corrected chi connectivity index (χ0v) is 45.2. The summed E-state index contributed by atoms with van der Waals surface area (Å²) in [4.78, 5) is 8.59. The number of fused-ring (bicyclic) bond motifs is 2. The van der Waals surface area contributed by atoms with Crippen LogP contribution in [0.4, 0.5) is 34.1 Å². The van der Waals surface area contributed by atoms with Gasteiger partial charge in [-0.25, -0.2) is 0 Å². The van der Waals surface area contributed by atoms with Crippen LogP contribution in [-0.4, -0.2) is 44.9 Å². The summed E-state index contributed by atoms with van der Waals surface area (Å²) in [5.41, 5.74) is -0.598. The first-order valence-corrected chi connectivity index (χ1v) is 21.5. The number of hydrogen-bond acceptors (Lipinski definition) is 17. The van der Waals surface area contributed by atoms with Crippen molar-refractivity contribution in [1.82, 2.24) is 0 Å². The summed E-state index contributed by atoms with van der Waals surface area (Å²) in [6.07, 6.45) is 0. The number of benzene rings is 7. The zero-order valence-electron chi connectivity index (χ0n) is 34.7. The van der Waals surface area contributed by atoms with E-state index in [9.17, 15) is 64.1 Å². The Labute approximate surface area is 463 Å². The van der Waals surface area contributed by atoms with Crippen LogP contribution in [0.25, 0.3) is 32.7 Å². The Hall–Kier alpha value is -3.54. The summed E-state index contributed by atoms with van der Waals surface area (Å²) in [5.74, 6) is -4.51. The van der Waals surface area contributed by atoms with Gasteiger partial charge in [0.1, 0.15) is 9.79 Å². The van der Waals surface area contributed by atoms with Gasteiger partial charge in [0.25, 0.3) is 30.4 Å². The Kier molecular flexibility index (Phi) is 19.5. The van der Waals surface area contributed by atoms with E-state index in [1.165, 1.54) is 30.3 Å². The van der Waals surface area contributed by atoms with E-state index in [0.29, 0.717) is 28.9 Å². The van der Waals surface area contributed by atoms with E-state index >= 15 is 0 Å². The average molecular weight is 987 g/mol. The molecule has 66 heavy (non-hydrogen) atoms. The van der Waals surface area contributed by atoms with Crippen LogP contribution in [0.5, 0.6) is 17.2 Å². The topological polar surface area (TPSA) is 347 Å². The van der Waals surface area contributed by atoms with E-state index in [-0.39, 0.29) is 140 Å². The third kappa shape index (κ3) is 12.8. The SMILES string of the molecule is O=C([O-])c1cc(N=Nc2ccc(-c3ccc(N=Nc4c(S(=O)(=O)O)cc5cc(S(=O)(=O)O)cc(N=Nc6ccc7c(S(=O)(=O)O)cccc7c6[O-])c5c4[O-])cc3)cc2)ccc1[O-].[Na+].[Na+].[Na+].[Na+]. The van der Waals surface area contributed by atoms with Crippen LogP contribution < -0.4 is 139 Å². The molecule has 314 valence electrons. The van der Waals surface area contributed by atoms with Crippen LogP contribution in [0, 0.1) is 0 Å². The molecule has 0 saturated carbocycles. The number of carboxylic acid groups (broad SMARTS) is 1. The molecule has 0 aliphatic carbocycles. The molecule has 0 spiro atoms. The minimum Gasteiger partial charge on any atom is -0.872 e. The Morgan fingerprint density at radius 3 is 1.56 bits per heavy atom. The monoisotopic (exact) mass is 986 g/mol. The first kappa shape index (κ1) is 56.8. The molecule has 0 bridgehead atoms. The molecular formula is C39H22N6Na4O14S3. The normalized spacial score (nSPS) is 11.9. The van der Waals surface area contributed by atoms with Gasteiger partial charge in [0.2, 0.25) is 0 Å². The van der Waals surface area contributed by atoms with Crippen molar-refractivity contribution in [1.29, 1.82) is 0 Å². The van der Waals surface area contributed by atoms with Crippen molar-refractivity contribution in [3.63, 3.8) is 0 Å². The Bertz CT molecular complexity index is 3460. The molecule has 0 unspecified atom stereocenters. The summed E-state index contributed by atoms with van der Waals surface area (Å²) >= 11 is 0. The number of carbonyl (C=O) groups excluding carboxylic acids is 1. The van der Waals surface area contributed by atoms with E-state index in [2.05, 4.69) is 30.7 Å². The van der Waals surface area contributed by atoms with E-state index in [1.54, 1.807) is 36.4 Å². The van der Waals surface area contributed by atoms with Crippen LogP contribution >= 0.6 is 0 Å². The molecule has 0 aromatic heterocycles. The van der Waals surface area contributed by atoms with E-state index in [0.717, 1.165) is 36.4 Å². The first-order valence-electron chi connectivity index (χ1n) is 17.1. The molecule has 7 aromatic rings. The number of carboxylic acids is 1. The molecule has 0 fully saturated rings. The molecular weight excluding hydrogens is 965 g/mol. The number of aromatic carboxylic acids is 1. The maximum atomic E-state index is 14.0. The number of carbonyl (C=O) groups is 1. The standard InChI is InChI=1S/C39H26N6O14S3.4Na/c46-32-15-12-25(18-29(32)39(49)50)42-40-23-8-4-20(5-9-23)21-6-10-24(11-7-21)41-45-36-34(62(57,58)59)17-22-16-26(60(51,52)53)19-31(35(22)38(36)48)44-43-30-14-13-27-28(37(30)47)2-1-3-33(27)61(54,55)56;;;;/h1-19,46-48H,(H,49,50)(H,51,52,53)(H,54,55,56)(H,57,58,59);;;;/q;4*+1/p-4. The van der Waals surface area contributed by atoms with Gasteiger partial charge in [0.15, 0.2) is 0 Å². The molecule has 0 saturated heterocycles. The third-order valence-corrected chi connectivity index (χ3v) is 11.6. The Balaban J connectivity index is 0.00000289. The summed E-state index contributed by atoms with van der Waals surface area (Å²) in [5, 5.41) is 72.1. The number of azo groups is 3. The number of rotatable bonds is 11. The van der Waals surface area contributed by atoms with Crippen LogP contribution in [-0.2, 0) is 30.4 Å². The second-order valence-electron chi connectivity index (χ2n) is 12.9. The summed E-state index contributed by atoms with van der Waals surface area (Å²) in [6.45, 7) is 0. The fourth-order valence-electron chi connectivity index (χ4n) is 6.05. The van der Waals surface area contributed by atoms with Gasteiger partial charge < -0.3 is 25.2 Å². The quantitative estimate of drug-likeness (QED) is 0.0618. The van der Waals surface area contributed by atoms with Crippen molar-refractivity contribution in [3.8, 4) is 28.4 Å². The van der Waals surface area contributed by atoms with Crippen molar-refractivity contribution in [2.75, 3.05) is 0 Å². The molecule has 7 rings (SSSR count). The summed E-state index contributed by atoms with van der Waals surface area (Å²) < 4.78 is 103. The second-order valence-corrected chi connectivity index (χ2v) is 17.1. The van der Waals surface area contributed by atoms with E-state index in [1.807, 2.05) is 0 Å². The molecule has 20 nitrogen and oxygen atoms in total. The number of hydrogen-bond donors (Lipinski definition) is 3. The van der Waals surface area contributed by atoms with Crippen molar-refractivity contribution in [2.45, 2.75) is 14.7 Å². The second kappa shape index (κ2) is 22.7. The molecule has 0 aliphatic rings. The van der Waals surface area contributed by atoms with Crippen LogP contribution in [0.3, 0.4) is 0 Å². The molecule has 0 aliphatic heterocycles. The van der Waals surface area contributed by atoms with Crippen LogP contribution in [0.2, 0.25) is 0 Å². The van der Waals surface area contributed by atoms with E-state index < -0.39 is 102 Å². The van der Waals surface area contributed by atoms with Gasteiger partial charge in [-0.3, -0.25) is 13.7 Å². The van der Waals surface area contributed by atoms with Crippen LogP contribution in [0.15, 0.2) is 161 Å². The van der Waals surface area contributed by atoms with Crippen molar-refractivity contribution < 1.29 is 182 Å². The van der Waals surface area contributed by atoms with Gasteiger partial charge in [0, 0.05) is 10.8 Å². The van der Waals surface area contributed by atoms with Gasteiger partial charge in [-0.1, -0.05) is 65.8 Å². The molecule has 0 atom stereocenters. The summed E-state index contributed by atoms with van der Waals surface area (Å²) in [6, 6.07) is 23.9. The minimum absolute atomic E-state index is 0. The fraction of sp³-hybridized carbons (Fsp3) is 0. The maximum Gasteiger partial charge on any atom is 1.00 e. The molecule has 0 heterocycles. The first-order chi connectivity index (χ1) is 29.2. The van der Waals surface area contributed by atoms with Gasteiger partial charge in [0.05, 0.1) is 45.0 Å². The Morgan fingerprint density at radius 2 is 1.02 bits per heavy atom. The van der Waals surface area contributed by atoms with Crippen molar-refractivity contribution in [2.24, 2.45) is 30.7 Å². The molecule has 0 amide bonds. The molecule has 27 heteroatoms. The molecule has 3 N–H and O–H groups in total. The van der Waals surface area contributed by atoms with Gasteiger partial charge in [-0.05, 0) is 94.2 Å². The van der Waals surface area contributed by atoms with E-state index in [4.69, 9.17) is 0 Å². The third-order valence-electron chi connectivity index (χ3n) is 8.95. The predicted molar refractivity (Wildman–Crippen MR) is 211 cm³/mol. The zero-order chi connectivity index (χ0) is 44.7. The summed E-state index contributed by atoms with van der Waals surface area (Å²) in [7, 11) is -15.0. The number of nitrogens with zero attached hydrogens (tertiary/aromatic N) is 6. The van der Waals surface area contributed by atoms with Crippen LogP contribution in [0.1, 0.15) is 10.4 Å². The van der Waals surface area contributed by atoms with Gasteiger partial charge in [-0.15, -0.1) is 10.2 Å². The van der Waals surface area contributed by atoms with Gasteiger partial charge in [-0.2, -0.15) is 45.7 Å². The average Bonchev–Trinajstić information content (AvgIpc) is 3.21. The molecule has 0 radical (unpaired) electrons. The van der Waals surface area contributed by atoms with Crippen molar-refractivity contribution in [3.05, 3.63) is 121 Å². The predicted octanol–water partition coefficient (Wildman–Crippen LogP) is -5.75. The van der Waals surface area contributed by atoms with Crippen molar-refractivity contribution >= 4 is 92.0 Å². The fourth-order valence-corrected chi connectivity index (χ4v) is 7.94.